The second-order valence-electron chi connectivity index (χ2n) is 2.98. The Morgan fingerprint density at radius 3 is 2.62 bits per heavy atom. The van der Waals surface area contributed by atoms with E-state index < -0.39 is 0 Å². The average Bonchev–Trinajstić information content (AvgIpc) is 2.32. The number of pyridine rings is 2. The molecule has 0 radical (unpaired) electrons. The van der Waals surface area contributed by atoms with Gasteiger partial charge in [-0.3, -0.25) is 4.98 Å². The van der Waals surface area contributed by atoms with Gasteiger partial charge in [-0.05, 0) is 22.0 Å². The van der Waals surface area contributed by atoms with Crippen LogP contribution in [-0.4, -0.2) is 17.1 Å². The van der Waals surface area contributed by atoms with Gasteiger partial charge in [0.25, 0.3) is 0 Å². The molecule has 82 valence electrons. The summed E-state index contributed by atoms with van der Waals surface area (Å²) in [5.74, 6) is 1.75. The molecule has 0 aliphatic rings. The minimum atomic E-state index is 0.512. The normalized spacial score (nSPS) is 9.88. The molecule has 0 atom stereocenters. The van der Waals surface area contributed by atoms with Crippen LogP contribution in [0.4, 0.5) is 0 Å². The molecule has 2 rings (SSSR count). The molecule has 0 saturated carbocycles. The molecule has 0 amide bonds. The van der Waals surface area contributed by atoms with E-state index in [1.807, 2.05) is 6.07 Å². The third kappa shape index (κ3) is 2.70. The largest absolute Gasteiger partial charge is 0.495 e. The van der Waals surface area contributed by atoms with Crippen LogP contribution in [0.2, 0.25) is 0 Å². The number of ether oxygens (including phenoxy) is 2. The van der Waals surface area contributed by atoms with Gasteiger partial charge < -0.3 is 9.47 Å². The fourth-order valence-electron chi connectivity index (χ4n) is 1.11. The van der Waals surface area contributed by atoms with Gasteiger partial charge in [0.05, 0.1) is 19.5 Å². The monoisotopic (exact) mass is 280 g/mol. The molecule has 0 aliphatic carbocycles. The Kier molecular flexibility index (Phi) is 3.36. The quantitative estimate of drug-likeness (QED) is 0.867. The summed E-state index contributed by atoms with van der Waals surface area (Å²) in [7, 11) is 1.58. The summed E-state index contributed by atoms with van der Waals surface area (Å²) in [6, 6.07) is 5.37. The van der Waals surface area contributed by atoms with Crippen molar-refractivity contribution in [1.29, 1.82) is 0 Å². The fourth-order valence-corrected chi connectivity index (χ4v) is 1.34. The van der Waals surface area contributed by atoms with Gasteiger partial charge in [0, 0.05) is 22.8 Å². The summed E-state index contributed by atoms with van der Waals surface area (Å²) in [5.41, 5.74) is 0. The van der Waals surface area contributed by atoms with E-state index in [0.717, 1.165) is 4.47 Å². The lowest BCUT2D eigenvalue weighted by atomic mass is 10.4. The number of aromatic nitrogens is 2. The highest BCUT2D eigenvalue weighted by atomic mass is 79.9. The minimum absolute atomic E-state index is 0.512. The number of hydrogen-bond donors (Lipinski definition) is 0. The van der Waals surface area contributed by atoms with Crippen molar-refractivity contribution in [2.75, 3.05) is 7.11 Å². The number of hydrogen-bond acceptors (Lipinski definition) is 4. The maximum absolute atomic E-state index is 5.50. The molecule has 0 fully saturated rings. The van der Waals surface area contributed by atoms with Crippen molar-refractivity contribution >= 4 is 15.9 Å². The van der Waals surface area contributed by atoms with Crippen LogP contribution in [0.1, 0.15) is 0 Å². The van der Waals surface area contributed by atoms with Gasteiger partial charge in [-0.1, -0.05) is 0 Å². The number of methoxy groups -OCH3 is 1. The maximum atomic E-state index is 5.50. The van der Waals surface area contributed by atoms with Crippen LogP contribution >= 0.6 is 15.9 Å². The van der Waals surface area contributed by atoms with Crippen LogP contribution in [-0.2, 0) is 0 Å². The average molecular weight is 281 g/mol. The highest BCUT2D eigenvalue weighted by Crippen LogP contribution is 2.22. The Morgan fingerprint density at radius 1 is 1.12 bits per heavy atom. The highest BCUT2D eigenvalue weighted by Gasteiger charge is 2.00. The third-order valence-corrected chi connectivity index (χ3v) is 2.32. The van der Waals surface area contributed by atoms with Gasteiger partial charge in [0.1, 0.15) is 5.75 Å². The van der Waals surface area contributed by atoms with E-state index in [9.17, 15) is 0 Å². The Bertz CT molecular complexity index is 474. The summed E-state index contributed by atoms with van der Waals surface area (Å²) in [6.45, 7) is 0. The SMILES string of the molecule is COc1cncc(Oc2ccc(Br)cn2)c1. The molecule has 0 saturated heterocycles. The third-order valence-electron chi connectivity index (χ3n) is 1.85. The van der Waals surface area contributed by atoms with Crippen LogP contribution in [0.3, 0.4) is 0 Å². The first-order chi connectivity index (χ1) is 7.78. The number of nitrogens with zero attached hydrogens (tertiary/aromatic N) is 2. The Labute approximate surface area is 101 Å². The van der Waals surface area contributed by atoms with Gasteiger partial charge in [-0.15, -0.1) is 0 Å². The molecule has 2 heterocycles. The molecule has 0 unspecified atom stereocenters. The van der Waals surface area contributed by atoms with Crippen LogP contribution < -0.4 is 9.47 Å². The molecule has 2 aromatic rings. The van der Waals surface area contributed by atoms with Gasteiger partial charge >= 0.3 is 0 Å². The second kappa shape index (κ2) is 4.94. The van der Waals surface area contributed by atoms with Crippen molar-refractivity contribution in [3.8, 4) is 17.4 Å². The smallest absolute Gasteiger partial charge is 0.219 e. The molecule has 0 spiro atoms. The van der Waals surface area contributed by atoms with E-state index in [1.165, 1.54) is 0 Å². The van der Waals surface area contributed by atoms with Gasteiger partial charge in [0.2, 0.25) is 5.88 Å². The van der Waals surface area contributed by atoms with E-state index >= 15 is 0 Å². The van der Waals surface area contributed by atoms with Crippen molar-refractivity contribution in [2.45, 2.75) is 0 Å². The molecule has 0 N–H and O–H groups in total. The molecule has 5 heteroatoms. The highest BCUT2D eigenvalue weighted by molar-refractivity contribution is 9.10. The van der Waals surface area contributed by atoms with Crippen molar-refractivity contribution in [3.63, 3.8) is 0 Å². The summed E-state index contributed by atoms with van der Waals surface area (Å²) in [6.07, 6.45) is 4.89. The van der Waals surface area contributed by atoms with E-state index in [1.54, 1.807) is 37.8 Å². The molecular weight excluding hydrogens is 272 g/mol. The first kappa shape index (κ1) is 10.9. The molecule has 0 bridgehead atoms. The Morgan fingerprint density at radius 2 is 1.94 bits per heavy atom. The van der Waals surface area contributed by atoms with Crippen molar-refractivity contribution in [3.05, 3.63) is 41.3 Å². The maximum Gasteiger partial charge on any atom is 0.219 e. The molecule has 16 heavy (non-hydrogen) atoms. The van der Waals surface area contributed by atoms with Gasteiger partial charge in [-0.25, -0.2) is 4.98 Å². The predicted molar refractivity (Wildman–Crippen MR) is 62.8 cm³/mol. The van der Waals surface area contributed by atoms with Crippen molar-refractivity contribution in [2.24, 2.45) is 0 Å². The lowest BCUT2D eigenvalue weighted by molar-refractivity contribution is 0.404. The van der Waals surface area contributed by atoms with E-state index in [-0.39, 0.29) is 0 Å². The van der Waals surface area contributed by atoms with Crippen molar-refractivity contribution < 1.29 is 9.47 Å². The molecule has 0 aliphatic heterocycles. The molecule has 4 nitrogen and oxygen atoms in total. The molecular formula is C11H9BrN2O2. The van der Waals surface area contributed by atoms with E-state index in [4.69, 9.17) is 9.47 Å². The predicted octanol–water partition coefficient (Wildman–Crippen LogP) is 3.04. The van der Waals surface area contributed by atoms with Crippen LogP contribution in [0.25, 0.3) is 0 Å². The summed E-state index contributed by atoms with van der Waals surface area (Å²) < 4.78 is 11.4. The van der Waals surface area contributed by atoms with Crippen LogP contribution in [0.15, 0.2) is 41.3 Å². The summed E-state index contributed by atoms with van der Waals surface area (Å²) in [5, 5.41) is 0. The zero-order chi connectivity index (χ0) is 11.4. The lowest BCUT2D eigenvalue weighted by Crippen LogP contribution is -1.90. The van der Waals surface area contributed by atoms with Gasteiger partial charge in [0.15, 0.2) is 5.75 Å². The molecule has 0 aromatic carbocycles. The first-order valence-electron chi connectivity index (χ1n) is 4.56. The lowest BCUT2D eigenvalue weighted by Gasteiger charge is -2.05. The minimum Gasteiger partial charge on any atom is -0.495 e. The summed E-state index contributed by atoms with van der Waals surface area (Å²) >= 11 is 3.30. The van der Waals surface area contributed by atoms with E-state index in [0.29, 0.717) is 17.4 Å². The summed E-state index contributed by atoms with van der Waals surface area (Å²) in [4.78, 5) is 8.07. The number of halogens is 1. The second-order valence-corrected chi connectivity index (χ2v) is 3.89. The fraction of sp³-hybridized carbons (Fsp3) is 0.0909. The Hall–Kier alpha value is -1.62. The van der Waals surface area contributed by atoms with E-state index in [2.05, 4.69) is 25.9 Å². The number of rotatable bonds is 3. The van der Waals surface area contributed by atoms with Crippen LogP contribution in [0.5, 0.6) is 17.4 Å². The topological polar surface area (TPSA) is 44.2 Å². The zero-order valence-corrected chi connectivity index (χ0v) is 10.1. The standard InChI is InChI=1S/C11H9BrN2O2/c1-15-9-4-10(7-13-6-9)16-11-3-2-8(12)5-14-11/h2-7H,1H3. The Balaban J connectivity index is 2.16. The molecule has 2 aromatic heterocycles. The van der Waals surface area contributed by atoms with Crippen LogP contribution in [0, 0.1) is 0 Å². The van der Waals surface area contributed by atoms with Crippen molar-refractivity contribution in [1.82, 2.24) is 9.97 Å². The van der Waals surface area contributed by atoms with Gasteiger partial charge in [-0.2, -0.15) is 0 Å². The first-order valence-corrected chi connectivity index (χ1v) is 5.35. The zero-order valence-electron chi connectivity index (χ0n) is 8.55.